The van der Waals surface area contributed by atoms with Gasteiger partial charge in [-0.2, -0.15) is 0 Å². The zero-order valence-corrected chi connectivity index (χ0v) is 15.4. The van der Waals surface area contributed by atoms with Gasteiger partial charge in [-0.3, -0.25) is 9.89 Å². The third-order valence-corrected chi connectivity index (χ3v) is 4.61. The normalized spacial score (nSPS) is 21.1. The molecule has 0 bridgehead atoms. The number of nitrogens with zero attached hydrogens (tertiary/aromatic N) is 3. The van der Waals surface area contributed by atoms with Crippen molar-refractivity contribution < 1.29 is 5.11 Å². The lowest BCUT2D eigenvalue weighted by Crippen LogP contribution is -2.38. The van der Waals surface area contributed by atoms with E-state index in [2.05, 4.69) is 68.1 Å². The van der Waals surface area contributed by atoms with E-state index in [1.165, 1.54) is 11.1 Å². The van der Waals surface area contributed by atoms with Gasteiger partial charge in [-0.25, -0.2) is 0 Å². The molecule has 2 atom stereocenters. The van der Waals surface area contributed by atoms with Crippen molar-refractivity contribution in [2.75, 3.05) is 27.2 Å². The second-order valence-electron chi connectivity index (χ2n) is 6.81. The molecule has 0 aromatic heterocycles. The van der Waals surface area contributed by atoms with E-state index < -0.39 is 0 Å². The molecule has 1 fully saturated rings. The molecule has 0 spiro atoms. The predicted octanol–water partition coefficient (Wildman–Crippen LogP) is 3.03. The van der Waals surface area contributed by atoms with Crippen LogP contribution in [0.1, 0.15) is 37.8 Å². The molecule has 0 radical (unpaired) electrons. The maximum atomic E-state index is 9.48. The fourth-order valence-corrected chi connectivity index (χ4v) is 3.35. The molecule has 1 aliphatic rings. The van der Waals surface area contributed by atoms with Gasteiger partial charge in [0.1, 0.15) is 0 Å². The van der Waals surface area contributed by atoms with Crippen molar-refractivity contribution in [1.29, 1.82) is 0 Å². The number of hydrogen-bond donors (Lipinski definition) is 1. The molecule has 1 aliphatic heterocycles. The van der Waals surface area contributed by atoms with Gasteiger partial charge in [-0.1, -0.05) is 24.3 Å². The first kappa shape index (κ1) is 18.8. The van der Waals surface area contributed by atoms with Crippen LogP contribution in [0, 0.1) is 0 Å². The maximum absolute atomic E-state index is 9.48. The van der Waals surface area contributed by atoms with E-state index in [-0.39, 0.29) is 18.8 Å². The van der Waals surface area contributed by atoms with E-state index in [1.54, 1.807) is 0 Å². The number of hydrogen-bond acceptors (Lipinski definition) is 4. The summed E-state index contributed by atoms with van der Waals surface area (Å²) < 4.78 is 0. The lowest BCUT2D eigenvalue weighted by Gasteiger charge is -2.26. The van der Waals surface area contributed by atoms with Crippen molar-refractivity contribution in [3.8, 4) is 0 Å². The third-order valence-electron chi connectivity index (χ3n) is 4.61. The highest BCUT2D eigenvalue weighted by Gasteiger charge is 2.27. The Labute approximate surface area is 146 Å². The molecule has 4 heteroatoms. The van der Waals surface area contributed by atoms with Gasteiger partial charge in [-0.15, -0.1) is 0 Å². The van der Waals surface area contributed by atoms with Crippen LogP contribution in [0.2, 0.25) is 0 Å². The van der Waals surface area contributed by atoms with Crippen LogP contribution in [-0.2, 0) is 6.54 Å². The van der Waals surface area contributed by atoms with E-state index >= 15 is 0 Å². The van der Waals surface area contributed by atoms with Gasteiger partial charge in [0, 0.05) is 25.3 Å². The Hall–Kier alpha value is -1.49. The fourth-order valence-electron chi connectivity index (χ4n) is 3.35. The van der Waals surface area contributed by atoms with Crippen LogP contribution in [0.15, 0.2) is 35.3 Å². The van der Waals surface area contributed by atoms with Crippen LogP contribution in [-0.4, -0.2) is 60.6 Å². The van der Waals surface area contributed by atoms with Gasteiger partial charge >= 0.3 is 0 Å². The Kier molecular flexibility index (Phi) is 7.16. The number of rotatable bonds is 7. The summed E-state index contributed by atoms with van der Waals surface area (Å²) in [5.41, 5.74) is 3.65. The molecule has 2 rings (SSSR count). The maximum Gasteiger partial charge on any atom is 0.0993 e. The summed E-state index contributed by atoms with van der Waals surface area (Å²) in [5, 5.41) is 9.48. The van der Waals surface area contributed by atoms with Crippen molar-refractivity contribution in [1.82, 2.24) is 9.80 Å². The topological polar surface area (TPSA) is 39.1 Å². The zero-order chi connectivity index (χ0) is 17.5. The third kappa shape index (κ3) is 5.00. The molecule has 1 aromatic rings. The van der Waals surface area contributed by atoms with Crippen LogP contribution in [0.3, 0.4) is 0 Å². The van der Waals surface area contributed by atoms with Crippen LogP contribution < -0.4 is 0 Å². The quantitative estimate of drug-likeness (QED) is 0.782. The molecular weight excluding hydrogens is 298 g/mol. The number of benzene rings is 1. The first-order chi connectivity index (χ1) is 11.5. The molecule has 4 nitrogen and oxygen atoms in total. The van der Waals surface area contributed by atoms with Crippen molar-refractivity contribution in [2.24, 2.45) is 4.99 Å². The number of aliphatic imine (C=N–C) groups is 1. The summed E-state index contributed by atoms with van der Waals surface area (Å²) in [5.74, 6) is 0. The summed E-state index contributed by atoms with van der Waals surface area (Å²) in [4.78, 5) is 9.23. The standard InChI is InChI=1S/C20H31N3O/c1-5-18(19-9-6-8-17(12-19)14-22(3)4)13-21-16(2)23-11-7-10-20(23)15-24/h5-6,8-9,12-13,16,20,24H,7,10-11,14-15H2,1-4H3/b18-5+,21-13?/t16?,20-/m0/s1. The van der Waals surface area contributed by atoms with Gasteiger partial charge in [0.25, 0.3) is 0 Å². The average molecular weight is 329 g/mol. The summed E-state index contributed by atoms with van der Waals surface area (Å²) in [6.45, 7) is 6.34. The first-order valence-corrected chi connectivity index (χ1v) is 8.85. The van der Waals surface area contributed by atoms with Gasteiger partial charge in [0.05, 0.1) is 12.8 Å². The van der Waals surface area contributed by atoms with E-state index in [0.717, 1.165) is 31.5 Å². The highest BCUT2D eigenvalue weighted by Crippen LogP contribution is 2.21. The second-order valence-corrected chi connectivity index (χ2v) is 6.81. The van der Waals surface area contributed by atoms with Crippen LogP contribution in [0.4, 0.5) is 0 Å². The Balaban J connectivity index is 2.09. The van der Waals surface area contributed by atoms with Gasteiger partial charge in [0.2, 0.25) is 0 Å². The number of aliphatic hydroxyl groups excluding tert-OH is 1. The van der Waals surface area contributed by atoms with Crippen LogP contribution >= 0.6 is 0 Å². The minimum atomic E-state index is 0.101. The highest BCUT2D eigenvalue weighted by atomic mass is 16.3. The fraction of sp³-hybridized carbons (Fsp3) is 0.550. The van der Waals surface area contributed by atoms with Crippen molar-refractivity contribution in [3.63, 3.8) is 0 Å². The molecule has 1 aromatic carbocycles. The molecule has 132 valence electrons. The summed E-state index contributed by atoms with van der Waals surface area (Å²) >= 11 is 0. The van der Waals surface area contributed by atoms with E-state index in [1.807, 2.05) is 6.21 Å². The minimum Gasteiger partial charge on any atom is -0.395 e. The molecular formula is C20H31N3O. The van der Waals surface area contributed by atoms with Gasteiger partial charge in [0.15, 0.2) is 0 Å². The Morgan fingerprint density at radius 1 is 1.46 bits per heavy atom. The first-order valence-electron chi connectivity index (χ1n) is 8.85. The highest BCUT2D eigenvalue weighted by molar-refractivity contribution is 6.09. The Morgan fingerprint density at radius 2 is 2.25 bits per heavy atom. The zero-order valence-electron chi connectivity index (χ0n) is 15.4. The summed E-state index contributed by atoms with van der Waals surface area (Å²) in [6.07, 6.45) is 6.41. The van der Waals surface area contributed by atoms with Crippen molar-refractivity contribution in [3.05, 3.63) is 41.5 Å². The number of aliphatic hydroxyl groups is 1. The molecule has 1 N–H and O–H groups in total. The number of allylic oxidation sites excluding steroid dienone is 2. The molecule has 1 saturated heterocycles. The molecule has 1 heterocycles. The van der Waals surface area contributed by atoms with Gasteiger partial charge in [-0.05, 0) is 63.6 Å². The van der Waals surface area contributed by atoms with Gasteiger partial charge < -0.3 is 10.0 Å². The SMILES string of the molecule is C/C=C(\C=NC(C)N1CCC[C@H]1CO)c1cccc(CN(C)C)c1. The molecule has 1 unspecified atom stereocenters. The Morgan fingerprint density at radius 3 is 2.92 bits per heavy atom. The summed E-state index contributed by atoms with van der Waals surface area (Å²) in [6, 6.07) is 8.90. The molecule has 0 amide bonds. The van der Waals surface area contributed by atoms with E-state index in [4.69, 9.17) is 4.99 Å². The smallest absolute Gasteiger partial charge is 0.0993 e. The van der Waals surface area contributed by atoms with E-state index in [9.17, 15) is 5.11 Å². The minimum absolute atomic E-state index is 0.101. The molecule has 0 aliphatic carbocycles. The lowest BCUT2D eigenvalue weighted by molar-refractivity contribution is 0.129. The number of likely N-dealkylation sites (tertiary alicyclic amines) is 1. The largest absolute Gasteiger partial charge is 0.395 e. The summed E-state index contributed by atoms with van der Waals surface area (Å²) in [7, 11) is 4.17. The monoisotopic (exact) mass is 329 g/mol. The predicted molar refractivity (Wildman–Crippen MR) is 102 cm³/mol. The second kappa shape index (κ2) is 9.11. The van der Waals surface area contributed by atoms with Crippen molar-refractivity contribution in [2.45, 2.75) is 45.4 Å². The van der Waals surface area contributed by atoms with Crippen molar-refractivity contribution >= 4 is 11.8 Å². The van der Waals surface area contributed by atoms with Crippen LogP contribution in [0.25, 0.3) is 5.57 Å². The lowest BCUT2D eigenvalue weighted by atomic mass is 10.0. The van der Waals surface area contributed by atoms with Crippen LogP contribution in [0.5, 0.6) is 0 Å². The molecule has 24 heavy (non-hydrogen) atoms. The Bertz CT molecular complexity index is 580. The average Bonchev–Trinajstić information content (AvgIpc) is 3.03. The van der Waals surface area contributed by atoms with E-state index in [0.29, 0.717) is 0 Å². The molecule has 0 saturated carbocycles.